The van der Waals surface area contributed by atoms with E-state index < -0.39 is 10.9 Å². The second-order valence-electron chi connectivity index (χ2n) is 2.94. The first-order valence-electron chi connectivity index (χ1n) is 4.11. The zero-order valence-corrected chi connectivity index (χ0v) is 11.3. The molecule has 0 atom stereocenters. The standard InChI is InChI=1S/C9H7ClINO4/c1-4-6(12(14)15)3-5(11)8(10)7(4)9(13)16-2/h3H,1-2H3. The molecule has 0 aliphatic rings. The first kappa shape index (κ1) is 13.2. The lowest BCUT2D eigenvalue weighted by Gasteiger charge is -2.08. The maximum atomic E-state index is 11.4. The van der Waals surface area contributed by atoms with Gasteiger partial charge in [0.05, 0.1) is 22.6 Å². The summed E-state index contributed by atoms with van der Waals surface area (Å²) in [5.41, 5.74) is 0.110. The van der Waals surface area contributed by atoms with Gasteiger partial charge in [0.25, 0.3) is 5.69 Å². The molecule has 0 spiro atoms. The second kappa shape index (κ2) is 4.96. The molecule has 0 radical (unpaired) electrons. The number of carbonyl (C=O) groups is 1. The number of nitrogens with zero attached hydrogens (tertiary/aromatic N) is 1. The number of halogens is 2. The van der Waals surface area contributed by atoms with Crippen molar-refractivity contribution in [2.24, 2.45) is 0 Å². The van der Waals surface area contributed by atoms with Crippen LogP contribution in [0.1, 0.15) is 15.9 Å². The van der Waals surface area contributed by atoms with Crippen LogP contribution in [0, 0.1) is 20.6 Å². The highest BCUT2D eigenvalue weighted by molar-refractivity contribution is 14.1. The fourth-order valence-electron chi connectivity index (χ4n) is 1.24. The van der Waals surface area contributed by atoms with Gasteiger partial charge in [0.2, 0.25) is 0 Å². The fourth-order valence-corrected chi connectivity index (χ4v) is 2.08. The van der Waals surface area contributed by atoms with Crippen molar-refractivity contribution in [2.45, 2.75) is 6.92 Å². The molecule has 0 unspecified atom stereocenters. The van der Waals surface area contributed by atoms with E-state index in [9.17, 15) is 14.9 Å². The van der Waals surface area contributed by atoms with Gasteiger partial charge in [-0.15, -0.1) is 0 Å². The van der Waals surface area contributed by atoms with E-state index in [1.807, 2.05) is 22.6 Å². The van der Waals surface area contributed by atoms with Gasteiger partial charge in [0, 0.05) is 15.2 Å². The van der Waals surface area contributed by atoms with E-state index in [1.165, 1.54) is 20.1 Å². The summed E-state index contributed by atoms with van der Waals surface area (Å²) in [6, 6.07) is 1.32. The Labute approximate surface area is 110 Å². The molecule has 7 heteroatoms. The quantitative estimate of drug-likeness (QED) is 0.354. The fraction of sp³-hybridized carbons (Fsp3) is 0.222. The summed E-state index contributed by atoms with van der Waals surface area (Å²) in [6.07, 6.45) is 0. The molecular weight excluding hydrogens is 348 g/mol. The summed E-state index contributed by atoms with van der Waals surface area (Å²) < 4.78 is 4.98. The van der Waals surface area contributed by atoms with E-state index in [-0.39, 0.29) is 21.8 Å². The molecule has 1 rings (SSSR count). The number of nitro benzene ring substituents is 1. The predicted molar refractivity (Wildman–Crippen MR) is 66.9 cm³/mol. The van der Waals surface area contributed by atoms with Crippen molar-refractivity contribution in [2.75, 3.05) is 7.11 Å². The van der Waals surface area contributed by atoms with Crippen LogP contribution in [-0.2, 0) is 4.74 Å². The lowest BCUT2D eigenvalue weighted by Crippen LogP contribution is -2.08. The third-order valence-corrected chi connectivity index (χ3v) is 3.60. The number of esters is 1. The molecular formula is C9H7ClINO4. The summed E-state index contributed by atoms with van der Waals surface area (Å²) in [5.74, 6) is -0.677. The third-order valence-electron chi connectivity index (χ3n) is 2.04. The molecule has 0 bridgehead atoms. The highest BCUT2D eigenvalue weighted by Gasteiger charge is 2.24. The summed E-state index contributed by atoms with van der Waals surface area (Å²) in [7, 11) is 1.20. The topological polar surface area (TPSA) is 69.4 Å². The van der Waals surface area contributed by atoms with Crippen molar-refractivity contribution in [1.82, 2.24) is 0 Å². The molecule has 5 nitrogen and oxygen atoms in total. The molecule has 0 N–H and O–H groups in total. The van der Waals surface area contributed by atoms with Crippen LogP contribution in [-0.4, -0.2) is 18.0 Å². The van der Waals surface area contributed by atoms with Crippen LogP contribution in [0.25, 0.3) is 0 Å². The molecule has 0 aliphatic heterocycles. The molecule has 0 aliphatic carbocycles. The molecule has 0 saturated heterocycles. The summed E-state index contributed by atoms with van der Waals surface area (Å²) >= 11 is 7.75. The highest BCUT2D eigenvalue weighted by atomic mass is 127. The van der Waals surface area contributed by atoms with Gasteiger partial charge >= 0.3 is 5.97 Å². The van der Waals surface area contributed by atoms with Gasteiger partial charge in [-0.1, -0.05) is 11.6 Å². The van der Waals surface area contributed by atoms with Crippen LogP contribution in [0.2, 0.25) is 5.02 Å². The third kappa shape index (κ3) is 2.27. The summed E-state index contributed by atoms with van der Waals surface area (Å²) in [5, 5.41) is 10.9. The van der Waals surface area contributed by atoms with Crippen molar-refractivity contribution in [1.29, 1.82) is 0 Å². The van der Waals surface area contributed by atoms with Crippen LogP contribution in [0.15, 0.2) is 6.07 Å². The summed E-state index contributed by atoms with van der Waals surface area (Å²) in [6.45, 7) is 1.46. The average Bonchev–Trinajstić information content (AvgIpc) is 2.22. The lowest BCUT2D eigenvalue weighted by molar-refractivity contribution is -0.385. The van der Waals surface area contributed by atoms with Crippen LogP contribution >= 0.6 is 34.2 Å². The largest absolute Gasteiger partial charge is 0.465 e. The molecule has 0 amide bonds. The van der Waals surface area contributed by atoms with Crippen molar-refractivity contribution in [3.05, 3.63) is 35.9 Å². The Kier molecular flexibility index (Phi) is 4.09. The number of methoxy groups -OCH3 is 1. The van der Waals surface area contributed by atoms with E-state index in [2.05, 4.69) is 4.74 Å². The average molecular weight is 356 g/mol. The number of nitro groups is 1. The Morgan fingerprint density at radius 1 is 1.62 bits per heavy atom. The van der Waals surface area contributed by atoms with E-state index in [0.717, 1.165) is 0 Å². The molecule has 0 saturated carbocycles. The number of ether oxygens (including phenoxy) is 1. The van der Waals surface area contributed by atoms with Gasteiger partial charge in [-0.3, -0.25) is 10.1 Å². The van der Waals surface area contributed by atoms with Gasteiger partial charge in [0.15, 0.2) is 0 Å². The van der Waals surface area contributed by atoms with E-state index in [1.54, 1.807) is 0 Å². The minimum Gasteiger partial charge on any atom is -0.465 e. The predicted octanol–water partition coefficient (Wildman–Crippen LogP) is 2.95. The lowest BCUT2D eigenvalue weighted by atomic mass is 10.1. The van der Waals surface area contributed by atoms with Crippen LogP contribution in [0.4, 0.5) is 5.69 Å². The Balaban J connectivity index is 3.58. The Hall–Kier alpha value is -0.890. The highest BCUT2D eigenvalue weighted by Crippen LogP contribution is 2.32. The van der Waals surface area contributed by atoms with Gasteiger partial charge in [-0.2, -0.15) is 0 Å². The maximum absolute atomic E-state index is 11.4. The van der Waals surface area contributed by atoms with E-state index >= 15 is 0 Å². The van der Waals surface area contributed by atoms with Gasteiger partial charge in [0.1, 0.15) is 0 Å². The number of hydrogen-bond acceptors (Lipinski definition) is 4. The van der Waals surface area contributed by atoms with Gasteiger partial charge < -0.3 is 4.74 Å². The minimum absolute atomic E-state index is 0.0442. The van der Waals surface area contributed by atoms with Gasteiger partial charge in [-0.25, -0.2) is 4.79 Å². The van der Waals surface area contributed by atoms with Crippen molar-refractivity contribution >= 4 is 45.8 Å². The Morgan fingerprint density at radius 3 is 2.62 bits per heavy atom. The normalized spacial score (nSPS) is 10.0. The Morgan fingerprint density at radius 2 is 2.19 bits per heavy atom. The smallest absolute Gasteiger partial charge is 0.339 e. The number of hydrogen-bond donors (Lipinski definition) is 0. The SMILES string of the molecule is COC(=O)c1c(C)c([N+](=O)[O-])cc(I)c1Cl. The molecule has 0 aromatic heterocycles. The number of rotatable bonds is 2. The van der Waals surface area contributed by atoms with Crippen LogP contribution in [0.5, 0.6) is 0 Å². The van der Waals surface area contributed by atoms with Crippen LogP contribution in [0.3, 0.4) is 0 Å². The minimum atomic E-state index is -0.677. The summed E-state index contributed by atoms with van der Waals surface area (Å²) in [4.78, 5) is 21.6. The molecule has 16 heavy (non-hydrogen) atoms. The first-order chi connectivity index (χ1) is 7.40. The maximum Gasteiger partial charge on any atom is 0.339 e. The monoisotopic (exact) mass is 355 g/mol. The number of benzene rings is 1. The molecule has 0 heterocycles. The van der Waals surface area contributed by atoms with Crippen molar-refractivity contribution < 1.29 is 14.5 Å². The zero-order chi connectivity index (χ0) is 12.5. The zero-order valence-electron chi connectivity index (χ0n) is 8.41. The second-order valence-corrected chi connectivity index (χ2v) is 4.48. The molecule has 1 aromatic carbocycles. The Bertz CT molecular complexity index is 475. The van der Waals surface area contributed by atoms with E-state index in [4.69, 9.17) is 11.6 Å². The van der Waals surface area contributed by atoms with Gasteiger partial charge in [-0.05, 0) is 29.5 Å². The molecule has 1 aromatic rings. The van der Waals surface area contributed by atoms with Crippen molar-refractivity contribution in [3.8, 4) is 0 Å². The first-order valence-corrected chi connectivity index (χ1v) is 5.57. The van der Waals surface area contributed by atoms with Crippen molar-refractivity contribution in [3.63, 3.8) is 0 Å². The molecule has 0 fully saturated rings. The van der Waals surface area contributed by atoms with E-state index in [0.29, 0.717) is 3.57 Å². The number of carbonyl (C=O) groups excluding carboxylic acids is 1. The van der Waals surface area contributed by atoms with Crippen LogP contribution < -0.4 is 0 Å². The molecule has 86 valence electrons.